The summed E-state index contributed by atoms with van der Waals surface area (Å²) in [4.78, 5) is 5.16. The molecule has 1 N–H and O–H groups in total. The Balaban J connectivity index is 1.38. The van der Waals surface area contributed by atoms with Crippen molar-refractivity contribution in [2.75, 3.05) is 44.2 Å². The molecule has 158 valence electrons. The Morgan fingerprint density at radius 3 is 2.45 bits per heavy atom. The number of nitrogens with zero attached hydrogens (tertiary/aromatic N) is 2. The van der Waals surface area contributed by atoms with Gasteiger partial charge in [0.2, 0.25) is 10.0 Å². The van der Waals surface area contributed by atoms with Gasteiger partial charge in [-0.2, -0.15) is 0 Å². The van der Waals surface area contributed by atoms with E-state index in [0.29, 0.717) is 17.1 Å². The number of nitrogens with one attached hydrogen (secondary N) is 1. The minimum atomic E-state index is -3.51. The van der Waals surface area contributed by atoms with Gasteiger partial charge in [0.1, 0.15) is 0 Å². The van der Waals surface area contributed by atoms with Crippen molar-refractivity contribution in [1.82, 2.24) is 9.62 Å². The van der Waals surface area contributed by atoms with Crippen LogP contribution in [-0.4, -0.2) is 52.6 Å². The van der Waals surface area contributed by atoms with E-state index in [2.05, 4.69) is 45.7 Å². The average molecular weight is 436 g/mol. The highest BCUT2D eigenvalue weighted by molar-refractivity contribution is 7.89. The smallest absolute Gasteiger partial charge is 0.240 e. The predicted octanol–water partition coefficient (Wildman–Crippen LogP) is 3.84. The molecule has 0 aromatic heterocycles. The van der Waals surface area contributed by atoms with Crippen molar-refractivity contribution >= 4 is 27.3 Å². The Labute approximate surface area is 179 Å². The summed E-state index contributed by atoms with van der Waals surface area (Å²) in [5.41, 5.74) is 3.18. The van der Waals surface area contributed by atoms with Crippen LogP contribution in [0.5, 0.6) is 0 Å². The second-order valence-corrected chi connectivity index (χ2v) is 9.78. The van der Waals surface area contributed by atoms with E-state index in [4.69, 9.17) is 11.6 Å². The first-order chi connectivity index (χ1) is 13.9. The first-order valence-corrected chi connectivity index (χ1v) is 12.0. The molecule has 0 saturated carbocycles. The van der Waals surface area contributed by atoms with Gasteiger partial charge in [0.15, 0.2) is 0 Å². The third-order valence-electron chi connectivity index (χ3n) is 5.44. The summed E-state index contributed by atoms with van der Waals surface area (Å²) in [5.74, 6) is 0. The van der Waals surface area contributed by atoms with Gasteiger partial charge in [0.05, 0.1) is 4.90 Å². The number of aryl methyl sites for hydroxylation is 1. The van der Waals surface area contributed by atoms with Gasteiger partial charge in [-0.05, 0) is 68.6 Å². The first kappa shape index (κ1) is 22.1. The quantitative estimate of drug-likeness (QED) is 0.640. The van der Waals surface area contributed by atoms with E-state index in [1.165, 1.54) is 11.3 Å². The van der Waals surface area contributed by atoms with Gasteiger partial charge < -0.3 is 4.90 Å². The van der Waals surface area contributed by atoms with Crippen molar-refractivity contribution in [2.45, 2.75) is 31.6 Å². The van der Waals surface area contributed by atoms with Crippen molar-refractivity contribution in [2.24, 2.45) is 0 Å². The zero-order chi connectivity index (χ0) is 20.9. The van der Waals surface area contributed by atoms with Crippen LogP contribution in [0.2, 0.25) is 5.02 Å². The summed E-state index contributed by atoms with van der Waals surface area (Å²) in [7, 11) is -3.51. The molecule has 1 aliphatic rings. The van der Waals surface area contributed by atoms with Gasteiger partial charge in [-0.25, -0.2) is 13.1 Å². The maximum absolute atomic E-state index is 12.5. The number of piperazine rings is 1. The van der Waals surface area contributed by atoms with E-state index >= 15 is 0 Å². The highest BCUT2D eigenvalue weighted by Gasteiger charge is 2.18. The highest BCUT2D eigenvalue weighted by Crippen LogP contribution is 2.22. The zero-order valence-electron chi connectivity index (χ0n) is 17.2. The highest BCUT2D eigenvalue weighted by atomic mass is 35.5. The Morgan fingerprint density at radius 2 is 1.72 bits per heavy atom. The summed E-state index contributed by atoms with van der Waals surface area (Å²) >= 11 is 6.05. The van der Waals surface area contributed by atoms with Crippen LogP contribution in [0.3, 0.4) is 0 Å². The molecule has 1 fully saturated rings. The van der Waals surface area contributed by atoms with Crippen molar-refractivity contribution in [1.29, 1.82) is 0 Å². The lowest BCUT2D eigenvalue weighted by Crippen LogP contribution is -2.46. The molecule has 0 unspecified atom stereocenters. The third kappa shape index (κ3) is 5.95. The van der Waals surface area contributed by atoms with Gasteiger partial charge in [-0.1, -0.05) is 29.8 Å². The number of rotatable bonds is 8. The van der Waals surface area contributed by atoms with Crippen LogP contribution in [0.25, 0.3) is 0 Å². The lowest BCUT2D eigenvalue weighted by Gasteiger charge is -2.36. The lowest BCUT2D eigenvalue weighted by atomic mass is 10.2. The van der Waals surface area contributed by atoms with Crippen molar-refractivity contribution in [3.8, 4) is 0 Å². The molecule has 0 spiro atoms. The number of sulfonamides is 1. The summed E-state index contributed by atoms with van der Waals surface area (Å²) in [6.45, 7) is 9.45. The summed E-state index contributed by atoms with van der Waals surface area (Å²) in [5, 5.41) is 0.470. The minimum Gasteiger partial charge on any atom is -0.369 e. The standard InChI is InChI=1S/C22H30ClN3O2S/c1-18-7-5-8-20(17-18)26-15-13-25(14-16-26)12-4-3-11-24-29(27,28)22-10-6-9-21(23)19(22)2/h5-10,17,24H,3-4,11-16H2,1-2H3. The van der Waals surface area contributed by atoms with Crippen LogP contribution in [0, 0.1) is 13.8 Å². The molecule has 0 radical (unpaired) electrons. The number of halogens is 1. The van der Waals surface area contributed by atoms with Crippen LogP contribution in [0.4, 0.5) is 5.69 Å². The molecular formula is C22H30ClN3O2S. The number of hydrogen-bond donors (Lipinski definition) is 1. The minimum absolute atomic E-state index is 0.261. The molecule has 2 aromatic rings. The molecule has 0 amide bonds. The molecule has 1 heterocycles. The average Bonchev–Trinajstić information content (AvgIpc) is 2.70. The topological polar surface area (TPSA) is 52.6 Å². The van der Waals surface area contributed by atoms with E-state index in [-0.39, 0.29) is 4.90 Å². The molecular weight excluding hydrogens is 406 g/mol. The van der Waals surface area contributed by atoms with Gasteiger partial charge in [-0.15, -0.1) is 0 Å². The molecule has 29 heavy (non-hydrogen) atoms. The van der Waals surface area contributed by atoms with E-state index in [1.54, 1.807) is 25.1 Å². The van der Waals surface area contributed by atoms with E-state index in [9.17, 15) is 8.42 Å². The number of benzene rings is 2. The van der Waals surface area contributed by atoms with Gasteiger partial charge in [0, 0.05) is 43.4 Å². The van der Waals surface area contributed by atoms with Gasteiger partial charge >= 0.3 is 0 Å². The zero-order valence-corrected chi connectivity index (χ0v) is 18.8. The fourth-order valence-corrected chi connectivity index (χ4v) is 5.25. The molecule has 7 heteroatoms. The van der Waals surface area contributed by atoms with Crippen LogP contribution in [-0.2, 0) is 10.0 Å². The van der Waals surface area contributed by atoms with Crippen molar-refractivity contribution in [3.05, 3.63) is 58.6 Å². The van der Waals surface area contributed by atoms with E-state index < -0.39 is 10.0 Å². The Kier molecular flexibility index (Phi) is 7.57. The summed E-state index contributed by atoms with van der Waals surface area (Å²) in [6.07, 6.45) is 1.79. The Bertz CT molecular complexity index is 925. The molecule has 5 nitrogen and oxygen atoms in total. The van der Waals surface area contributed by atoms with Gasteiger partial charge in [0.25, 0.3) is 0 Å². The normalized spacial score (nSPS) is 15.6. The van der Waals surface area contributed by atoms with Crippen LogP contribution < -0.4 is 9.62 Å². The SMILES string of the molecule is Cc1cccc(N2CCN(CCCCNS(=O)(=O)c3cccc(Cl)c3C)CC2)c1. The van der Waals surface area contributed by atoms with Crippen LogP contribution in [0.1, 0.15) is 24.0 Å². The molecule has 0 bridgehead atoms. The van der Waals surface area contributed by atoms with E-state index in [0.717, 1.165) is 45.6 Å². The molecule has 1 aliphatic heterocycles. The molecule has 0 aliphatic carbocycles. The molecule has 3 rings (SSSR count). The monoisotopic (exact) mass is 435 g/mol. The molecule has 2 aromatic carbocycles. The molecule has 1 saturated heterocycles. The van der Waals surface area contributed by atoms with E-state index in [1.807, 2.05) is 0 Å². The maximum atomic E-state index is 12.5. The largest absolute Gasteiger partial charge is 0.369 e. The predicted molar refractivity (Wildman–Crippen MR) is 120 cm³/mol. The second kappa shape index (κ2) is 9.94. The van der Waals surface area contributed by atoms with Crippen LogP contribution >= 0.6 is 11.6 Å². The summed E-state index contributed by atoms with van der Waals surface area (Å²) < 4.78 is 27.7. The number of anilines is 1. The third-order valence-corrected chi connectivity index (χ3v) is 7.45. The summed E-state index contributed by atoms with van der Waals surface area (Å²) in [6, 6.07) is 13.6. The van der Waals surface area contributed by atoms with Crippen molar-refractivity contribution < 1.29 is 8.42 Å². The fraction of sp³-hybridized carbons (Fsp3) is 0.455. The van der Waals surface area contributed by atoms with Crippen molar-refractivity contribution in [3.63, 3.8) is 0 Å². The Hall–Kier alpha value is -1.60. The number of hydrogen-bond acceptors (Lipinski definition) is 4. The number of unbranched alkanes of at least 4 members (excludes halogenated alkanes) is 1. The second-order valence-electron chi connectivity index (χ2n) is 7.64. The van der Waals surface area contributed by atoms with Gasteiger partial charge in [-0.3, -0.25) is 4.90 Å². The van der Waals surface area contributed by atoms with Crippen LogP contribution in [0.15, 0.2) is 47.4 Å². The first-order valence-electron chi connectivity index (χ1n) is 10.2. The maximum Gasteiger partial charge on any atom is 0.240 e. The molecule has 0 atom stereocenters. The fourth-order valence-electron chi connectivity index (χ4n) is 3.68. The lowest BCUT2D eigenvalue weighted by molar-refractivity contribution is 0.253. The Morgan fingerprint density at radius 1 is 1.00 bits per heavy atom.